The lowest BCUT2D eigenvalue weighted by molar-refractivity contribution is 0.575. The summed E-state index contributed by atoms with van der Waals surface area (Å²) in [6.45, 7) is 0.693. The highest BCUT2D eigenvalue weighted by Gasteiger charge is 2.16. The second-order valence-corrected chi connectivity index (χ2v) is 8.32. The molecule has 120 valence electrons. The summed E-state index contributed by atoms with van der Waals surface area (Å²) < 4.78 is 29.3. The smallest absolute Gasteiger partial charge is 0.250 e. The third-order valence-electron chi connectivity index (χ3n) is 3.07. The van der Waals surface area contributed by atoms with E-state index in [1.807, 2.05) is 22.8 Å². The van der Waals surface area contributed by atoms with Crippen molar-refractivity contribution in [2.45, 2.75) is 10.8 Å². The van der Waals surface area contributed by atoms with Crippen LogP contribution in [0.1, 0.15) is 0 Å². The van der Waals surface area contributed by atoms with Crippen LogP contribution in [0.3, 0.4) is 0 Å². The molecule has 0 saturated carbocycles. The average Bonchev–Trinajstić information content (AvgIpc) is 3.17. The second-order valence-electron chi connectivity index (χ2n) is 4.62. The molecule has 0 aromatic carbocycles. The van der Waals surface area contributed by atoms with E-state index in [0.29, 0.717) is 16.7 Å². The van der Waals surface area contributed by atoms with E-state index < -0.39 is 10.0 Å². The summed E-state index contributed by atoms with van der Waals surface area (Å²) in [6.07, 6.45) is 5.15. The SMILES string of the molecule is O=S(=O)(NCCn1ccnc1-c1ccccn1)c1ccc(Cl)s1. The molecular weight excluding hydrogens is 356 g/mol. The molecule has 6 nitrogen and oxygen atoms in total. The van der Waals surface area contributed by atoms with Gasteiger partial charge in [0, 0.05) is 31.7 Å². The summed E-state index contributed by atoms with van der Waals surface area (Å²) in [5.74, 6) is 0.698. The fraction of sp³-hybridized carbons (Fsp3) is 0.143. The van der Waals surface area contributed by atoms with Gasteiger partial charge in [-0.1, -0.05) is 17.7 Å². The summed E-state index contributed by atoms with van der Waals surface area (Å²) in [5.41, 5.74) is 0.741. The van der Waals surface area contributed by atoms with E-state index in [1.54, 1.807) is 24.7 Å². The number of rotatable bonds is 6. The summed E-state index contributed by atoms with van der Waals surface area (Å²) in [4.78, 5) is 8.52. The molecule has 23 heavy (non-hydrogen) atoms. The number of sulfonamides is 1. The van der Waals surface area contributed by atoms with Crippen LogP contribution in [0, 0.1) is 0 Å². The van der Waals surface area contributed by atoms with E-state index in [-0.39, 0.29) is 10.8 Å². The van der Waals surface area contributed by atoms with Crippen LogP contribution in [0.5, 0.6) is 0 Å². The van der Waals surface area contributed by atoms with E-state index in [9.17, 15) is 8.42 Å². The minimum absolute atomic E-state index is 0.207. The number of imidazole rings is 1. The lowest BCUT2D eigenvalue weighted by atomic mass is 10.3. The molecule has 0 aliphatic carbocycles. The van der Waals surface area contributed by atoms with Crippen molar-refractivity contribution in [2.75, 3.05) is 6.54 Å². The molecule has 1 N–H and O–H groups in total. The predicted molar refractivity (Wildman–Crippen MR) is 90.0 cm³/mol. The second kappa shape index (κ2) is 6.79. The molecule has 3 heterocycles. The van der Waals surface area contributed by atoms with E-state index in [2.05, 4.69) is 14.7 Å². The summed E-state index contributed by atoms with van der Waals surface area (Å²) in [7, 11) is -3.54. The minimum atomic E-state index is -3.54. The summed E-state index contributed by atoms with van der Waals surface area (Å²) >= 11 is 6.81. The molecule has 0 aliphatic heterocycles. The Balaban J connectivity index is 1.67. The van der Waals surface area contributed by atoms with Gasteiger partial charge in [0.1, 0.15) is 9.90 Å². The Morgan fingerprint density at radius 3 is 2.74 bits per heavy atom. The third-order valence-corrected chi connectivity index (χ3v) is 6.25. The Morgan fingerprint density at radius 1 is 1.17 bits per heavy atom. The Kier molecular flexibility index (Phi) is 4.76. The molecule has 0 aliphatic rings. The molecule has 0 fully saturated rings. The Bertz CT molecular complexity index is 890. The van der Waals surface area contributed by atoms with E-state index in [0.717, 1.165) is 17.0 Å². The van der Waals surface area contributed by atoms with Crippen molar-refractivity contribution in [2.24, 2.45) is 0 Å². The quantitative estimate of drug-likeness (QED) is 0.725. The zero-order chi connectivity index (χ0) is 16.3. The average molecular weight is 369 g/mol. The Labute approximate surface area is 142 Å². The van der Waals surface area contributed by atoms with Crippen LogP contribution in [-0.2, 0) is 16.6 Å². The van der Waals surface area contributed by atoms with Crippen molar-refractivity contribution >= 4 is 33.0 Å². The number of nitrogens with zero attached hydrogens (tertiary/aromatic N) is 3. The highest BCUT2D eigenvalue weighted by atomic mass is 35.5. The van der Waals surface area contributed by atoms with Gasteiger partial charge in [0.25, 0.3) is 0 Å². The standard InChI is InChI=1S/C14H13ClN4O2S2/c15-12-4-5-13(22-12)23(20,21)18-8-10-19-9-7-17-14(19)11-3-1-2-6-16-11/h1-7,9,18H,8,10H2. The predicted octanol–water partition coefficient (Wildman–Crippen LogP) is 2.64. The summed E-state index contributed by atoms with van der Waals surface area (Å²) in [6, 6.07) is 8.63. The fourth-order valence-corrected chi connectivity index (χ4v) is 4.58. The first-order valence-corrected chi connectivity index (χ1v) is 9.41. The largest absolute Gasteiger partial charge is 0.328 e. The van der Waals surface area contributed by atoms with Gasteiger partial charge < -0.3 is 4.57 Å². The van der Waals surface area contributed by atoms with E-state index >= 15 is 0 Å². The molecule has 0 amide bonds. The normalized spacial score (nSPS) is 11.7. The van der Waals surface area contributed by atoms with Crippen molar-refractivity contribution in [1.29, 1.82) is 0 Å². The van der Waals surface area contributed by atoms with Crippen LogP contribution in [0.4, 0.5) is 0 Å². The lowest BCUT2D eigenvalue weighted by Gasteiger charge is -2.08. The number of hydrogen-bond donors (Lipinski definition) is 1. The van der Waals surface area contributed by atoms with Gasteiger partial charge in [-0.05, 0) is 24.3 Å². The maximum atomic E-state index is 12.1. The van der Waals surface area contributed by atoms with Gasteiger partial charge in [0.15, 0.2) is 5.82 Å². The number of hydrogen-bond acceptors (Lipinski definition) is 5. The number of thiophene rings is 1. The van der Waals surface area contributed by atoms with Crippen molar-refractivity contribution in [3.8, 4) is 11.5 Å². The molecule has 0 bridgehead atoms. The van der Waals surface area contributed by atoms with E-state index in [4.69, 9.17) is 11.6 Å². The van der Waals surface area contributed by atoms with Crippen molar-refractivity contribution in [3.05, 3.63) is 53.3 Å². The fourth-order valence-electron chi connectivity index (χ4n) is 2.03. The Hall–Kier alpha value is -1.74. The maximum absolute atomic E-state index is 12.1. The highest BCUT2D eigenvalue weighted by Crippen LogP contribution is 2.25. The molecule has 0 spiro atoms. The number of halogens is 1. The van der Waals surface area contributed by atoms with Crippen molar-refractivity contribution in [3.63, 3.8) is 0 Å². The highest BCUT2D eigenvalue weighted by molar-refractivity contribution is 7.91. The molecule has 0 atom stereocenters. The van der Waals surface area contributed by atoms with Gasteiger partial charge in [0.05, 0.1) is 4.34 Å². The molecule has 3 aromatic heterocycles. The van der Waals surface area contributed by atoms with Crippen LogP contribution < -0.4 is 4.72 Å². The molecule has 3 rings (SSSR count). The van der Waals surface area contributed by atoms with Crippen LogP contribution in [0.25, 0.3) is 11.5 Å². The minimum Gasteiger partial charge on any atom is -0.328 e. The van der Waals surface area contributed by atoms with Crippen molar-refractivity contribution < 1.29 is 8.42 Å². The zero-order valence-corrected chi connectivity index (χ0v) is 14.3. The van der Waals surface area contributed by atoms with Crippen LogP contribution in [0.2, 0.25) is 4.34 Å². The lowest BCUT2D eigenvalue weighted by Crippen LogP contribution is -2.26. The molecule has 0 saturated heterocycles. The van der Waals surface area contributed by atoms with Gasteiger partial charge in [-0.15, -0.1) is 11.3 Å². The number of pyridine rings is 1. The maximum Gasteiger partial charge on any atom is 0.250 e. The van der Waals surface area contributed by atoms with Gasteiger partial charge in [-0.3, -0.25) is 4.98 Å². The third kappa shape index (κ3) is 3.78. The zero-order valence-electron chi connectivity index (χ0n) is 11.9. The van der Waals surface area contributed by atoms with Crippen molar-refractivity contribution in [1.82, 2.24) is 19.3 Å². The van der Waals surface area contributed by atoms with Crippen LogP contribution in [-0.4, -0.2) is 29.5 Å². The van der Waals surface area contributed by atoms with Crippen LogP contribution in [0.15, 0.2) is 53.1 Å². The molecule has 0 radical (unpaired) electrons. The molecule has 3 aromatic rings. The molecular formula is C14H13ClN4O2S2. The molecule has 9 heteroatoms. The molecule has 0 unspecified atom stereocenters. The summed E-state index contributed by atoms with van der Waals surface area (Å²) in [5, 5.41) is 0. The Morgan fingerprint density at radius 2 is 2.04 bits per heavy atom. The number of aromatic nitrogens is 3. The topological polar surface area (TPSA) is 76.9 Å². The number of nitrogens with one attached hydrogen (secondary N) is 1. The first-order chi connectivity index (χ1) is 11.1. The van der Waals surface area contributed by atoms with Gasteiger partial charge in [-0.2, -0.15) is 0 Å². The van der Waals surface area contributed by atoms with Gasteiger partial charge >= 0.3 is 0 Å². The van der Waals surface area contributed by atoms with Gasteiger partial charge in [-0.25, -0.2) is 18.1 Å². The first-order valence-electron chi connectivity index (χ1n) is 6.74. The van der Waals surface area contributed by atoms with E-state index in [1.165, 1.54) is 6.07 Å². The first kappa shape index (κ1) is 16.1. The monoisotopic (exact) mass is 368 g/mol. The van der Waals surface area contributed by atoms with Gasteiger partial charge in [0.2, 0.25) is 10.0 Å². The van der Waals surface area contributed by atoms with Crippen LogP contribution >= 0.6 is 22.9 Å².